The van der Waals surface area contributed by atoms with Crippen molar-refractivity contribution in [2.75, 3.05) is 24.7 Å². The second kappa shape index (κ2) is 9.90. The van der Waals surface area contributed by atoms with E-state index in [4.69, 9.17) is 9.40 Å². The monoisotopic (exact) mass is 626 g/mol. The molecule has 1 aromatic carbocycles. The number of amides is 1. The summed E-state index contributed by atoms with van der Waals surface area (Å²) in [7, 11) is -0.649. The van der Waals surface area contributed by atoms with Crippen molar-refractivity contribution in [1.29, 1.82) is 0 Å². The number of aryl methyl sites for hydroxylation is 1. The van der Waals surface area contributed by atoms with Crippen molar-refractivity contribution in [3.05, 3.63) is 71.2 Å². The van der Waals surface area contributed by atoms with Gasteiger partial charge in [-0.3, -0.25) is 13.8 Å². The lowest BCUT2D eigenvalue weighted by molar-refractivity contribution is 0.0964. The van der Waals surface area contributed by atoms with E-state index in [2.05, 4.69) is 15.0 Å². The number of nitrogens with one attached hydrogen (secondary N) is 1. The number of anilines is 1. The number of allylic oxidation sites excluding steroid dienone is 1. The number of sulfonamides is 1. The molecule has 1 unspecified atom stereocenters. The van der Waals surface area contributed by atoms with Crippen LogP contribution in [0, 0.1) is 0 Å². The minimum Gasteiger partial charge on any atom is -0.455 e. The van der Waals surface area contributed by atoms with E-state index >= 15 is 0 Å². The number of nitrogens with zero attached hydrogens (tertiary/aromatic N) is 5. The molecular weight excluding hydrogens is 595 g/mol. The Labute approximate surface area is 259 Å². The summed E-state index contributed by atoms with van der Waals surface area (Å²) in [6, 6.07) is 9.53. The van der Waals surface area contributed by atoms with E-state index in [0.717, 1.165) is 48.2 Å². The first-order valence-corrected chi connectivity index (χ1v) is 16.8. The van der Waals surface area contributed by atoms with Crippen molar-refractivity contribution in [2.24, 2.45) is 0 Å². The number of rotatable bonds is 6. The average molecular weight is 627 g/mol. The van der Waals surface area contributed by atoms with Crippen LogP contribution in [0.2, 0.25) is 0 Å². The van der Waals surface area contributed by atoms with Crippen molar-refractivity contribution in [3.63, 3.8) is 0 Å². The van der Waals surface area contributed by atoms with Gasteiger partial charge in [-0.15, -0.1) is 0 Å². The molecule has 1 aliphatic heterocycles. The minimum absolute atomic E-state index is 0.331. The fourth-order valence-corrected chi connectivity index (χ4v) is 7.01. The second-order valence-corrected chi connectivity index (χ2v) is 14.0. The Morgan fingerprint density at radius 2 is 2.02 bits per heavy atom. The van der Waals surface area contributed by atoms with Gasteiger partial charge in [-0.1, -0.05) is 12.1 Å². The Balaban J connectivity index is 1.35. The minimum atomic E-state index is -3.69. The SMILES string of the molecule is CNC(=O)c1c(-c2cnn(C3CC3)c2)oc2cc(N(C)S(C)(=O)=O)c(-c3ccc4c(n3)-c3cc5c(n3CC4)C=CCC5F)cc12. The highest BCUT2D eigenvalue weighted by Crippen LogP contribution is 2.44. The molecule has 1 fully saturated rings. The Bertz CT molecular complexity index is 2190. The maximum atomic E-state index is 14.9. The second-order valence-electron chi connectivity index (χ2n) is 12.0. The number of carbonyl (C=O) groups excluding carboxylic acids is 1. The first-order valence-electron chi connectivity index (χ1n) is 15.0. The standard InChI is InChI=1S/C33H31FN6O4S/c1-35-33(41)30-23-13-22(25-10-7-18-11-12-39-26-6-4-5-24(34)21(26)14-28(39)31(18)37-25)27(38(2)45(3,42)43)15-29(23)44-32(30)19-16-36-40(17-19)20-8-9-20/h4,6-7,10,13-17,20,24H,5,8-9,11-12H2,1-3H3,(H,35,41). The molecule has 1 N–H and O–H groups in total. The summed E-state index contributed by atoms with van der Waals surface area (Å²) >= 11 is 0. The lowest BCUT2D eigenvalue weighted by atomic mass is 9.99. The van der Waals surface area contributed by atoms with Gasteiger partial charge in [0.15, 0.2) is 5.76 Å². The molecule has 8 rings (SSSR count). The number of furan rings is 1. The zero-order valence-electron chi connectivity index (χ0n) is 25.0. The van der Waals surface area contributed by atoms with Gasteiger partial charge >= 0.3 is 0 Å². The molecule has 4 aromatic heterocycles. The fourth-order valence-electron chi connectivity index (χ4n) is 6.50. The van der Waals surface area contributed by atoms with Crippen molar-refractivity contribution < 1.29 is 22.0 Å². The lowest BCUT2D eigenvalue weighted by Gasteiger charge is -2.23. The predicted octanol–water partition coefficient (Wildman–Crippen LogP) is 5.90. The number of benzene rings is 1. The summed E-state index contributed by atoms with van der Waals surface area (Å²) in [5, 5.41) is 7.73. The van der Waals surface area contributed by atoms with E-state index in [-0.39, 0.29) is 5.91 Å². The molecule has 3 aliphatic rings. The summed E-state index contributed by atoms with van der Waals surface area (Å²) in [6.07, 6.45) is 10.7. The third kappa shape index (κ3) is 4.41. The van der Waals surface area contributed by atoms with E-state index in [1.165, 1.54) is 11.4 Å². The topological polar surface area (TPSA) is 115 Å². The summed E-state index contributed by atoms with van der Waals surface area (Å²) in [6.45, 7) is 0.717. The summed E-state index contributed by atoms with van der Waals surface area (Å²) in [5.41, 5.74) is 6.87. The summed E-state index contributed by atoms with van der Waals surface area (Å²) in [5.74, 6) is 0.0192. The first-order chi connectivity index (χ1) is 21.6. The fraction of sp³-hybridized carbons (Fsp3) is 0.303. The van der Waals surface area contributed by atoms with Crippen molar-refractivity contribution in [1.82, 2.24) is 24.6 Å². The number of fused-ring (bicyclic) bond motifs is 6. The van der Waals surface area contributed by atoms with Crippen molar-refractivity contribution >= 4 is 38.7 Å². The molecule has 45 heavy (non-hydrogen) atoms. The van der Waals surface area contributed by atoms with Crippen LogP contribution in [0.5, 0.6) is 0 Å². The number of pyridine rings is 1. The molecule has 0 bridgehead atoms. The molecule has 10 nitrogen and oxygen atoms in total. The average Bonchev–Trinajstić information content (AvgIpc) is 3.45. The Kier molecular flexibility index (Phi) is 6.12. The molecular formula is C33H31FN6O4S. The van der Waals surface area contributed by atoms with Gasteiger partial charge in [0.2, 0.25) is 10.0 Å². The van der Waals surface area contributed by atoms with Crippen LogP contribution in [0.4, 0.5) is 10.1 Å². The van der Waals surface area contributed by atoms with Crippen LogP contribution in [0.25, 0.3) is 51.0 Å². The number of carbonyl (C=O) groups is 1. The van der Waals surface area contributed by atoms with Crippen molar-refractivity contribution in [3.8, 4) is 34.0 Å². The molecule has 12 heteroatoms. The zero-order chi connectivity index (χ0) is 31.2. The first kappa shape index (κ1) is 27.8. The Hall–Kier alpha value is -4.71. The number of aromatic nitrogens is 4. The largest absolute Gasteiger partial charge is 0.455 e. The van der Waals surface area contributed by atoms with Gasteiger partial charge in [-0.25, -0.2) is 17.8 Å². The van der Waals surface area contributed by atoms with Crippen LogP contribution >= 0.6 is 0 Å². The Morgan fingerprint density at radius 1 is 1.20 bits per heavy atom. The van der Waals surface area contributed by atoms with Crippen LogP contribution in [0.1, 0.15) is 58.7 Å². The highest BCUT2D eigenvalue weighted by molar-refractivity contribution is 7.92. The molecule has 1 amide bonds. The molecule has 0 radical (unpaired) electrons. The van der Waals surface area contributed by atoms with Crippen LogP contribution < -0.4 is 9.62 Å². The zero-order valence-corrected chi connectivity index (χ0v) is 25.9. The van der Waals surface area contributed by atoms with Gasteiger partial charge in [0.05, 0.1) is 52.4 Å². The van der Waals surface area contributed by atoms with Crippen LogP contribution in [0.15, 0.2) is 53.2 Å². The van der Waals surface area contributed by atoms with Crippen LogP contribution in [0.3, 0.4) is 0 Å². The molecule has 0 spiro atoms. The van der Waals surface area contributed by atoms with Crippen LogP contribution in [-0.2, 0) is 23.0 Å². The number of hydrogen-bond donors (Lipinski definition) is 1. The smallest absolute Gasteiger partial charge is 0.255 e. The van der Waals surface area contributed by atoms with E-state index in [9.17, 15) is 17.6 Å². The molecule has 1 saturated carbocycles. The van der Waals surface area contributed by atoms with Gasteiger partial charge in [-0.2, -0.15) is 5.10 Å². The van der Waals surface area contributed by atoms with Gasteiger partial charge in [0.1, 0.15) is 11.8 Å². The third-order valence-corrected chi connectivity index (χ3v) is 10.3. The highest BCUT2D eigenvalue weighted by Gasteiger charge is 2.31. The maximum absolute atomic E-state index is 14.9. The van der Waals surface area contributed by atoms with E-state index in [0.29, 0.717) is 69.4 Å². The van der Waals surface area contributed by atoms with E-state index in [1.807, 2.05) is 41.2 Å². The maximum Gasteiger partial charge on any atom is 0.255 e. The molecule has 0 saturated heterocycles. The number of hydrogen-bond acceptors (Lipinski definition) is 6. The summed E-state index contributed by atoms with van der Waals surface area (Å²) in [4.78, 5) is 18.4. The van der Waals surface area contributed by atoms with Crippen LogP contribution in [-0.4, -0.2) is 54.0 Å². The third-order valence-electron chi connectivity index (χ3n) is 9.11. The lowest BCUT2D eigenvalue weighted by Crippen LogP contribution is -2.25. The molecule has 5 heterocycles. The molecule has 2 aliphatic carbocycles. The molecule has 1 atom stereocenters. The molecule has 5 aromatic rings. The van der Waals surface area contributed by atoms with E-state index < -0.39 is 16.2 Å². The normalized spacial score (nSPS) is 17.2. The Morgan fingerprint density at radius 3 is 2.78 bits per heavy atom. The quantitative estimate of drug-likeness (QED) is 0.251. The van der Waals surface area contributed by atoms with Gasteiger partial charge in [-0.05, 0) is 49.1 Å². The van der Waals surface area contributed by atoms with Gasteiger partial charge < -0.3 is 14.3 Å². The highest BCUT2D eigenvalue weighted by atomic mass is 32.2. The summed E-state index contributed by atoms with van der Waals surface area (Å²) < 4.78 is 52.1. The predicted molar refractivity (Wildman–Crippen MR) is 170 cm³/mol. The number of alkyl halides is 1. The van der Waals surface area contributed by atoms with Gasteiger partial charge in [0.25, 0.3) is 5.91 Å². The van der Waals surface area contributed by atoms with Crippen molar-refractivity contribution in [2.45, 2.75) is 44.4 Å². The molecule has 230 valence electrons. The number of halogens is 1. The van der Waals surface area contributed by atoms with Gasteiger partial charge in [0, 0.05) is 61.5 Å². The van der Waals surface area contributed by atoms with E-state index in [1.54, 1.807) is 25.4 Å².